The monoisotopic (exact) mass is 221 g/mol. The van der Waals surface area contributed by atoms with Crippen LogP contribution >= 0.6 is 24.0 Å². The Morgan fingerprint density at radius 3 is 3.00 bits per heavy atom. The van der Waals surface area contributed by atoms with Crippen LogP contribution in [0.2, 0.25) is 0 Å². The molecule has 3 heteroatoms. The molecule has 14 heavy (non-hydrogen) atoms. The number of para-hydroxylation sites is 1. The van der Waals surface area contributed by atoms with E-state index in [2.05, 4.69) is 30.6 Å². The van der Waals surface area contributed by atoms with Gasteiger partial charge in [0, 0.05) is 0 Å². The van der Waals surface area contributed by atoms with Crippen LogP contribution in [0.25, 0.3) is 16.3 Å². The number of allylic oxidation sites excluding steroid dienone is 1. The summed E-state index contributed by atoms with van der Waals surface area (Å²) in [6.07, 6.45) is 2.99. The first-order valence-corrected chi connectivity index (χ1v) is 5.81. The van der Waals surface area contributed by atoms with Gasteiger partial charge in [0.15, 0.2) is 0 Å². The van der Waals surface area contributed by atoms with Gasteiger partial charge in [0.1, 0.15) is 5.01 Å². The van der Waals surface area contributed by atoms with Crippen LogP contribution in [-0.4, -0.2) is 4.98 Å². The van der Waals surface area contributed by atoms with E-state index in [1.165, 1.54) is 4.70 Å². The van der Waals surface area contributed by atoms with Crippen molar-refractivity contribution >= 4 is 40.3 Å². The Morgan fingerprint density at radius 2 is 2.29 bits per heavy atom. The van der Waals surface area contributed by atoms with E-state index >= 15 is 0 Å². The van der Waals surface area contributed by atoms with E-state index in [9.17, 15) is 0 Å². The molecule has 2 rings (SSSR count). The Kier molecular flexibility index (Phi) is 2.89. The van der Waals surface area contributed by atoms with Crippen molar-refractivity contribution < 1.29 is 0 Å². The minimum Gasteiger partial charge on any atom is -0.237 e. The van der Waals surface area contributed by atoms with Crippen molar-refractivity contribution in [2.45, 2.75) is 13.3 Å². The molecule has 2 aromatic rings. The van der Waals surface area contributed by atoms with E-state index < -0.39 is 0 Å². The first-order valence-electron chi connectivity index (χ1n) is 4.54. The second-order valence-electron chi connectivity index (χ2n) is 3.01. The predicted octanol–water partition coefficient (Wildman–Crippen LogP) is 3.98. The van der Waals surface area contributed by atoms with Crippen LogP contribution in [0.1, 0.15) is 18.4 Å². The summed E-state index contributed by atoms with van der Waals surface area (Å²) in [7, 11) is 0. The summed E-state index contributed by atoms with van der Waals surface area (Å²) < 4.78 is 1.23. The highest BCUT2D eigenvalue weighted by Gasteiger charge is 1.99. The van der Waals surface area contributed by atoms with E-state index in [0.717, 1.165) is 21.9 Å². The lowest BCUT2D eigenvalue weighted by Gasteiger charge is -1.89. The van der Waals surface area contributed by atoms with Gasteiger partial charge in [-0.2, -0.15) is 0 Å². The Labute approximate surface area is 92.9 Å². The minimum atomic E-state index is 0.957. The Balaban J connectivity index is 2.45. The van der Waals surface area contributed by atoms with Crippen molar-refractivity contribution in [3.63, 3.8) is 0 Å². The number of thiazole rings is 1. The highest BCUT2D eigenvalue weighted by molar-refractivity contribution is 7.84. The second-order valence-corrected chi connectivity index (χ2v) is 4.65. The molecule has 0 saturated heterocycles. The minimum absolute atomic E-state index is 0.957. The number of benzene rings is 1. The number of thiol groups is 1. The molecule has 0 bridgehead atoms. The normalized spacial score (nSPS) is 12.3. The molecule has 1 nitrogen and oxygen atoms in total. The van der Waals surface area contributed by atoms with Gasteiger partial charge in [-0.15, -0.1) is 24.0 Å². The summed E-state index contributed by atoms with van der Waals surface area (Å²) in [5.74, 6) is 0. The first-order chi connectivity index (χ1) is 6.79. The smallest absolute Gasteiger partial charge is 0.118 e. The summed E-state index contributed by atoms with van der Waals surface area (Å²) in [5.41, 5.74) is 1.07. The van der Waals surface area contributed by atoms with Crippen LogP contribution < -0.4 is 0 Å². The fraction of sp³-hybridized carbons (Fsp3) is 0.182. The van der Waals surface area contributed by atoms with Crippen molar-refractivity contribution in [2.75, 3.05) is 0 Å². The first kappa shape index (κ1) is 9.74. The third kappa shape index (κ3) is 1.99. The van der Waals surface area contributed by atoms with E-state index in [1.807, 2.05) is 24.3 Å². The summed E-state index contributed by atoms with van der Waals surface area (Å²) in [5, 5.41) is 1.04. The molecule has 0 aliphatic rings. The van der Waals surface area contributed by atoms with Gasteiger partial charge >= 0.3 is 0 Å². The number of rotatable bonds is 2. The molecule has 0 aliphatic carbocycles. The molecule has 0 spiro atoms. The molecule has 0 unspecified atom stereocenters. The predicted molar refractivity (Wildman–Crippen MR) is 66.9 cm³/mol. The molecular weight excluding hydrogens is 210 g/mol. The molecule has 1 aromatic heterocycles. The fourth-order valence-electron chi connectivity index (χ4n) is 1.20. The van der Waals surface area contributed by atoms with Crippen molar-refractivity contribution in [1.29, 1.82) is 0 Å². The lowest BCUT2D eigenvalue weighted by Crippen LogP contribution is -1.70. The molecule has 1 heterocycles. The molecule has 0 amide bonds. The van der Waals surface area contributed by atoms with E-state index in [0.29, 0.717) is 0 Å². The number of nitrogens with zero attached hydrogens (tertiary/aromatic N) is 1. The standard InChI is InChI=1S/C11H11NS2/c1-2-8(13)7-11-12-9-5-3-4-6-10(9)14-11/h3-7,13H,2H2,1H3/b8-7-. The summed E-state index contributed by atoms with van der Waals surface area (Å²) in [4.78, 5) is 5.57. The van der Waals surface area contributed by atoms with E-state index in [-0.39, 0.29) is 0 Å². The SMILES string of the molecule is CC/C(S)=C/c1nc2ccccc2s1. The highest BCUT2D eigenvalue weighted by atomic mass is 32.1. The van der Waals surface area contributed by atoms with Crippen molar-refractivity contribution in [2.24, 2.45) is 0 Å². The second kappa shape index (κ2) is 4.15. The molecule has 1 aromatic carbocycles. The Bertz CT molecular complexity index is 438. The van der Waals surface area contributed by atoms with Gasteiger partial charge < -0.3 is 0 Å². The van der Waals surface area contributed by atoms with E-state index in [4.69, 9.17) is 0 Å². The average molecular weight is 221 g/mol. The highest BCUT2D eigenvalue weighted by Crippen LogP contribution is 2.24. The average Bonchev–Trinajstić information content (AvgIpc) is 2.59. The molecule has 0 aliphatic heterocycles. The molecule has 0 N–H and O–H groups in total. The number of hydrogen-bond acceptors (Lipinski definition) is 3. The fourth-order valence-corrected chi connectivity index (χ4v) is 2.34. The van der Waals surface area contributed by atoms with Gasteiger partial charge in [0.25, 0.3) is 0 Å². The largest absolute Gasteiger partial charge is 0.237 e. The zero-order chi connectivity index (χ0) is 9.97. The molecule has 0 radical (unpaired) electrons. The van der Waals surface area contributed by atoms with Crippen LogP contribution in [0, 0.1) is 0 Å². The zero-order valence-electron chi connectivity index (χ0n) is 7.90. The van der Waals surface area contributed by atoms with Crippen LogP contribution in [0.5, 0.6) is 0 Å². The van der Waals surface area contributed by atoms with Crippen LogP contribution in [0.15, 0.2) is 29.2 Å². The number of fused-ring (bicyclic) bond motifs is 1. The lowest BCUT2D eigenvalue weighted by molar-refractivity contribution is 1.21. The summed E-state index contributed by atoms with van der Waals surface area (Å²) in [6, 6.07) is 8.17. The quantitative estimate of drug-likeness (QED) is 0.757. The van der Waals surface area contributed by atoms with Gasteiger partial charge in [-0.1, -0.05) is 19.1 Å². The third-order valence-corrected chi connectivity index (χ3v) is 3.39. The molecule has 0 saturated carbocycles. The molecule has 72 valence electrons. The van der Waals surface area contributed by atoms with Gasteiger partial charge in [-0.25, -0.2) is 4.98 Å². The Morgan fingerprint density at radius 1 is 1.50 bits per heavy atom. The van der Waals surface area contributed by atoms with Crippen LogP contribution in [0.3, 0.4) is 0 Å². The maximum Gasteiger partial charge on any atom is 0.118 e. The maximum atomic E-state index is 4.49. The third-order valence-electron chi connectivity index (χ3n) is 1.96. The molecule has 0 fully saturated rings. The van der Waals surface area contributed by atoms with Crippen molar-refractivity contribution in [3.8, 4) is 0 Å². The van der Waals surface area contributed by atoms with E-state index in [1.54, 1.807) is 11.3 Å². The zero-order valence-corrected chi connectivity index (χ0v) is 9.61. The van der Waals surface area contributed by atoms with Crippen molar-refractivity contribution in [3.05, 3.63) is 34.2 Å². The van der Waals surface area contributed by atoms with Crippen LogP contribution in [0.4, 0.5) is 0 Å². The molecular formula is C11H11NS2. The van der Waals surface area contributed by atoms with Gasteiger partial charge in [-0.05, 0) is 29.5 Å². The summed E-state index contributed by atoms with van der Waals surface area (Å²) in [6.45, 7) is 2.09. The molecule has 0 atom stereocenters. The van der Waals surface area contributed by atoms with Crippen molar-refractivity contribution in [1.82, 2.24) is 4.98 Å². The van der Waals surface area contributed by atoms with Gasteiger partial charge in [0.05, 0.1) is 10.2 Å². The number of aromatic nitrogens is 1. The summed E-state index contributed by atoms with van der Waals surface area (Å²) >= 11 is 6.06. The Hall–Kier alpha value is -0.800. The number of hydrogen-bond donors (Lipinski definition) is 1. The lowest BCUT2D eigenvalue weighted by atomic mass is 10.3. The topological polar surface area (TPSA) is 12.9 Å². The van der Waals surface area contributed by atoms with Gasteiger partial charge in [-0.3, -0.25) is 0 Å². The van der Waals surface area contributed by atoms with Gasteiger partial charge in [0.2, 0.25) is 0 Å². The van der Waals surface area contributed by atoms with Crippen LogP contribution in [-0.2, 0) is 0 Å². The maximum absolute atomic E-state index is 4.49.